The molecule has 1 amide bonds. The van der Waals surface area contributed by atoms with Gasteiger partial charge in [0.15, 0.2) is 0 Å². The lowest BCUT2D eigenvalue weighted by Gasteiger charge is -2.27. The summed E-state index contributed by atoms with van der Waals surface area (Å²) in [6.07, 6.45) is 2.71. The van der Waals surface area contributed by atoms with Crippen molar-refractivity contribution in [2.24, 2.45) is 0 Å². The summed E-state index contributed by atoms with van der Waals surface area (Å²) in [5.41, 5.74) is 0.243. The molecular weight excluding hydrogens is 450 g/mol. The zero-order valence-electron chi connectivity index (χ0n) is 19.0. The number of carbonyl (C=O) groups is 1. The molecule has 0 bridgehead atoms. The summed E-state index contributed by atoms with van der Waals surface area (Å²) in [4.78, 5) is 17.0. The number of carbonyl (C=O) groups excluding carboxylic acids is 1. The molecule has 1 aliphatic heterocycles. The van der Waals surface area contributed by atoms with Crippen molar-refractivity contribution in [1.29, 1.82) is 0 Å². The van der Waals surface area contributed by atoms with E-state index >= 15 is 0 Å². The molecular formula is C21H31N5O4S2. The minimum atomic E-state index is -3.71. The summed E-state index contributed by atoms with van der Waals surface area (Å²) in [5.74, 6) is 0.867. The second-order valence-corrected chi connectivity index (χ2v) is 11.5. The number of hydrogen-bond acceptors (Lipinski definition) is 7. The predicted molar refractivity (Wildman–Crippen MR) is 125 cm³/mol. The van der Waals surface area contributed by atoms with Crippen molar-refractivity contribution in [3.8, 4) is 5.75 Å². The molecule has 32 heavy (non-hydrogen) atoms. The van der Waals surface area contributed by atoms with E-state index in [1.807, 2.05) is 20.8 Å². The number of H-pyrrole nitrogens is 1. The van der Waals surface area contributed by atoms with Gasteiger partial charge < -0.3 is 10.1 Å². The first-order valence-electron chi connectivity index (χ1n) is 10.7. The van der Waals surface area contributed by atoms with Crippen molar-refractivity contribution in [1.82, 2.24) is 19.5 Å². The highest BCUT2D eigenvalue weighted by Crippen LogP contribution is 2.31. The molecule has 0 spiro atoms. The number of rotatable bonds is 8. The highest BCUT2D eigenvalue weighted by atomic mass is 32.2. The Morgan fingerprint density at radius 3 is 2.59 bits per heavy atom. The summed E-state index contributed by atoms with van der Waals surface area (Å²) in [6, 6.07) is 4.71. The molecule has 176 valence electrons. The van der Waals surface area contributed by atoms with Crippen LogP contribution in [0.4, 0.5) is 5.69 Å². The highest BCUT2D eigenvalue weighted by Gasteiger charge is 2.29. The Kier molecular flexibility index (Phi) is 7.84. The molecule has 0 radical (unpaired) electrons. The van der Waals surface area contributed by atoms with E-state index in [1.165, 1.54) is 22.1 Å². The van der Waals surface area contributed by atoms with Gasteiger partial charge in [-0.2, -0.15) is 4.31 Å². The number of nitrogens with zero attached hydrogens (tertiary/aromatic N) is 3. The number of anilines is 1. The Bertz CT molecular complexity index is 1040. The Morgan fingerprint density at radius 2 is 1.97 bits per heavy atom. The van der Waals surface area contributed by atoms with Crippen LogP contribution in [0.1, 0.15) is 52.8 Å². The van der Waals surface area contributed by atoms with Gasteiger partial charge in [-0.1, -0.05) is 39.0 Å². The normalized spacial score (nSPS) is 15.5. The number of ether oxygens (including phenoxy) is 1. The van der Waals surface area contributed by atoms with Crippen LogP contribution in [0.3, 0.4) is 0 Å². The number of aromatic nitrogens is 3. The maximum Gasteiger partial charge on any atom is 0.246 e. The summed E-state index contributed by atoms with van der Waals surface area (Å²) in [6.45, 7) is 9.21. The molecule has 1 aromatic heterocycles. The quantitative estimate of drug-likeness (QED) is 0.555. The van der Waals surface area contributed by atoms with Crippen LogP contribution in [0.5, 0.6) is 5.75 Å². The Balaban J connectivity index is 1.71. The maximum atomic E-state index is 13.2. The summed E-state index contributed by atoms with van der Waals surface area (Å²) in [5, 5.41) is 10.3. The predicted octanol–water partition coefficient (Wildman–Crippen LogP) is 3.41. The third-order valence-corrected chi connectivity index (χ3v) is 7.73. The molecule has 0 saturated carbocycles. The molecule has 2 N–H and O–H groups in total. The van der Waals surface area contributed by atoms with Gasteiger partial charge in [0.1, 0.15) is 16.5 Å². The molecule has 11 heteroatoms. The van der Waals surface area contributed by atoms with Crippen LogP contribution >= 0.6 is 11.8 Å². The van der Waals surface area contributed by atoms with Crippen LogP contribution in [0.15, 0.2) is 28.3 Å². The molecule has 1 fully saturated rings. The van der Waals surface area contributed by atoms with Gasteiger partial charge in [0.2, 0.25) is 21.1 Å². The topological polar surface area (TPSA) is 117 Å². The standard InChI is InChI=1S/C21H31N5O4S2/c1-5-30-16-10-9-15(13-17(16)32(28,29)26-11-7-6-8-12-26)22-18(27)14-31-20-23-19(24-25-20)21(2,3)4/h9-10,13H,5-8,11-12,14H2,1-4H3,(H,22,27)(H,23,24,25). The fourth-order valence-corrected chi connectivity index (χ4v) is 5.55. The van der Waals surface area contributed by atoms with Crippen molar-refractivity contribution >= 4 is 33.4 Å². The van der Waals surface area contributed by atoms with Crippen molar-refractivity contribution in [3.05, 3.63) is 24.0 Å². The smallest absolute Gasteiger partial charge is 0.246 e. The first-order chi connectivity index (χ1) is 15.1. The van der Waals surface area contributed by atoms with Crippen LogP contribution in [0.2, 0.25) is 0 Å². The number of amides is 1. The number of benzene rings is 1. The first kappa shape index (κ1) is 24.5. The lowest BCUT2D eigenvalue weighted by molar-refractivity contribution is -0.113. The molecule has 0 aliphatic carbocycles. The summed E-state index contributed by atoms with van der Waals surface area (Å²) >= 11 is 1.21. The van der Waals surface area contributed by atoms with Gasteiger partial charge in [0.05, 0.1) is 12.4 Å². The van der Waals surface area contributed by atoms with E-state index in [0.717, 1.165) is 25.1 Å². The second-order valence-electron chi connectivity index (χ2n) is 8.61. The molecule has 0 unspecified atom stereocenters. The molecule has 1 aromatic carbocycles. The molecule has 2 heterocycles. The number of nitrogens with one attached hydrogen (secondary N) is 2. The van der Waals surface area contributed by atoms with Crippen LogP contribution in [0.25, 0.3) is 0 Å². The zero-order valence-corrected chi connectivity index (χ0v) is 20.6. The lowest BCUT2D eigenvalue weighted by atomic mass is 9.96. The molecule has 1 saturated heterocycles. The van der Waals surface area contributed by atoms with Gasteiger partial charge in [-0.15, -0.1) is 5.10 Å². The maximum absolute atomic E-state index is 13.2. The van der Waals surface area contributed by atoms with Crippen molar-refractivity contribution in [2.45, 2.75) is 62.4 Å². The van der Waals surface area contributed by atoms with E-state index in [0.29, 0.717) is 36.3 Å². The summed E-state index contributed by atoms with van der Waals surface area (Å²) < 4.78 is 33.5. The zero-order chi connectivity index (χ0) is 23.4. The average molecular weight is 482 g/mol. The molecule has 9 nitrogen and oxygen atoms in total. The summed E-state index contributed by atoms with van der Waals surface area (Å²) in [7, 11) is -3.71. The Hall–Kier alpha value is -2.11. The van der Waals surface area contributed by atoms with Crippen LogP contribution in [-0.4, -0.2) is 59.3 Å². The van der Waals surface area contributed by atoms with Gasteiger partial charge in [0.25, 0.3) is 0 Å². The van der Waals surface area contributed by atoms with Gasteiger partial charge in [-0.05, 0) is 38.0 Å². The molecule has 2 aromatic rings. The largest absolute Gasteiger partial charge is 0.492 e. The number of aromatic amines is 1. The lowest BCUT2D eigenvalue weighted by Crippen LogP contribution is -2.35. The number of sulfonamides is 1. The Labute approximate surface area is 193 Å². The van der Waals surface area contributed by atoms with Crippen LogP contribution in [0, 0.1) is 0 Å². The highest BCUT2D eigenvalue weighted by molar-refractivity contribution is 7.99. The second kappa shape index (κ2) is 10.2. The minimum Gasteiger partial charge on any atom is -0.492 e. The van der Waals surface area contributed by atoms with Crippen molar-refractivity contribution in [3.63, 3.8) is 0 Å². The van der Waals surface area contributed by atoms with Gasteiger partial charge in [-0.3, -0.25) is 9.89 Å². The van der Waals surface area contributed by atoms with E-state index in [1.54, 1.807) is 19.1 Å². The number of thioether (sulfide) groups is 1. The Morgan fingerprint density at radius 1 is 1.25 bits per heavy atom. The monoisotopic (exact) mass is 481 g/mol. The van der Waals surface area contributed by atoms with Gasteiger partial charge in [0, 0.05) is 24.2 Å². The van der Waals surface area contributed by atoms with E-state index in [-0.39, 0.29) is 22.0 Å². The van der Waals surface area contributed by atoms with E-state index in [2.05, 4.69) is 20.5 Å². The molecule has 3 rings (SSSR count). The van der Waals surface area contributed by atoms with Crippen LogP contribution in [-0.2, 0) is 20.2 Å². The van der Waals surface area contributed by atoms with E-state index in [9.17, 15) is 13.2 Å². The third-order valence-electron chi connectivity index (χ3n) is 4.97. The van der Waals surface area contributed by atoms with Crippen LogP contribution < -0.4 is 10.1 Å². The van der Waals surface area contributed by atoms with E-state index < -0.39 is 10.0 Å². The number of piperidine rings is 1. The van der Waals surface area contributed by atoms with Gasteiger partial charge >= 0.3 is 0 Å². The van der Waals surface area contributed by atoms with Crippen molar-refractivity contribution in [2.75, 3.05) is 30.8 Å². The fourth-order valence-electron chi connectivity index (χ4n) is 3.28. The van der Waals surface area contributed by atoms with Gasteiger partial charge in [-0.25, -0.2) is 13.4 Å². The first-order valence-corrected chi connectivity index (χ1v) is 13.2. The number of hydrogen-bond donors (Lipinski definition) is 2. The molecule has 0 atom stereocenters. The molecule has 1 aliphatic rings. The third kappa shape index (κ3) is 6.02. The SMILES string of the molecule is CCOc1ccc(NC(=O)CSc2n[nH]c(C(C)(C)C)n2)cc1S(=O)(=O)N1CCCCC1. The fraction of sp³-hybridized carbons (Fsp3) is 0.571. The average Bonchev–Trinajstić information content (AvgIpc) is 3.24. The van der Waals surface area contributed by atoms with E-state index in [4.69, 9.17) is 4.74 Å². The minimum absolute atomic E-state index is 0.0792. The van der Waals surface area contributed by atoms with Crippen molar-refractivity contribution < 1.29 is 17.9 Å².